The van der Waals surface area contributed by atoms with Crippen molar-refractivity contribution < 1.29 is 4.74 Å². The van der Waals surface area contributed by atoms with Crippen LogP contribution in [0.25, 0.3) is 16.5 Å². The van der Waals surface area contributed by atoms with E-state index in [1.54, 1.807) is 7.11 Å². The number of hydrogen-bond donors (Lipinski definition) is 0. The molecule has 0 spiro atoms. The lowest BCUT2D eigenvalue weighted by Crippen LogP contribution is -1.90. The van der Waals surface area contributed by atoms with E-state index < -0.39 is 0 Å². The first kappa shape index (κ1) is 15.2. The summed E-state index contributed by atoms with van der Waals surface area (Å²) in [5.74, 6) is 0.855. The van der Waals surface area contributed by atoms with Crippen LogP contribution in [-0.4, -0.2) is 17.9 Å². The summed E-state index contributed by atoms with van der Waals surface area (Å²) in [6, 6.07) is 24.5. The van der Waals surface area contributed by atoms with Crippen LogP contribution in [0.5, 0.6) is 5.75 Å². The van der Waals surface area contributed by atoms with E-state index in [4.69, 9.17) is 4.74 Å². The van der Waals surface area contributed by atoms with E-state index >= 15 is 0 Å². The van der Waals surface area contributed by atoms with Crippen molar-refractivity contribution in [3.8, 4) is 11.4 Å². The minimum absolute atomic E-state index is 0.855. The molecule has 0 bridgehead atoms. The van der Waals surface area contributed by atoms with Gasteiger partial charge < -0.3 is 9.30 Å². The molecule has 4 aromatic rings. The number of hydrogen-bond acceptors (Lipinski definition) is 2. The SMILES string of the molecule is COc1ccc(-n2ccc(C=Nc3cccc4ccccc34)c2)cc1. The van der Waals surface area contributed by atoms with Crippen molar-refractivity contribution in [1.82, 2.24) is 4.57 Å². The van der Waals surface area contributed by atoms with Gasteiger partial charge in [0.25, 0.3) is 0 Å². The minimum atomic E-state index is 0.855. The normalized spacial score (nSPS) is 11.2. The Labute approximate surface area is 146 Å². The highest BCUT2D eigenvalue weighted by Crippen LogP contribution is 2.25. The second kappa shape index (κ2) is 6.65. The third kappa shape index (κ3) is 3.17. The predicted molar refractivity (Wildman–Crippen MR) is 104 cm³/mol. The summed E-state index contributed by atoms with van der Waals surface area (Å²) in [6.07, 6.45) is 6.00. The van der Waals surface area contributed by atoms with Crippen LogP contribution in [0.3, 0.4) is 0 Å². The average Bonchev–Trinajstić information content (AvgIpc) is 3.15. The highest BCUT2D eigenvalue weighted by molar-refractivity contribution is 5.95. The molecule has 0 unspecified atom stereocenters. The lowest BCUT2D eigenvalue weighted by Gasteiger charge is -2.04. The largest absolute Gasteiger partial charge is 0.497 e. The van der Waals surface area contributed by atoms with Crippen molar-refractivity contribution in [3.63, 3.8) is 0 Å². The molecule has 3 nitrogen and oxygen atoms in total. The zero-order valence-corrected chi connectivity index (χ0v) is 14.0. The van der Waals surface area contributed by atoms with E-state index in [1.165, 1.54) is 5.39 Å². The Morgan fingerprint density at radius 2 is 1.68 bits per heavy atom. The Hall–Kier alpha value is -3.33. The summed E-state index contributed by atoms with van der Waals surface area (Å²) < 4.78 is 7.28. The fourth-order valence-electron chi connectivity index (χ4n) is 2.87. The Bertz CT molecular complexity index is 1020. The molecule has 0 saturated carbocycles. The van der Waals surface area contributed by atoms with Crippen LogP contribution in [0.15, 0.2) is 90.2 Å². The minimum Gasteiger partial charge on any atom is -0.497 e. The highest BCUT2D eigenvalue weighted by Gasteiger charge is 2.00. The number of aliphatic imine (C=N–C) groups is 1. The first-order valence-electron chi connectivity index (χ1n) is 8.18. The molecule has 3 heteroatoms. The van der Waals surface area contributed by atoms with Gasteiger partial charge in [-0.05, 0) is 41.8 Å². The number of benzene rings is 3. The zero-order chi connectivity index (χ0) is 17.1. The van der Waals surface area contributed by atoms with E-state index in [9.17, 15) is 0 Å². The van der Waals surface area contributed by atoms with Gasteiger partial charge in [0, 0.05) is 35.2 Å². The molecule has 0 aliphatic rings. The molecule has 0 aliphatic carbocycles. The summed E-state index contributed by atoms with van der Waals surface area (Å²) in [5, 5.41) is 2.36. The van der Waals surface area contributed by atoms with Gasteiger partial charge in [-0.1, -0.05) is 36.4 Å². The van der Waals surface area contributed by atoms with Crippen LogP contribution >= 0.6 is 0 Å². The zero-order valence-electron chi connectivity index (χ0n) is 14.0. The highest BCUT2D eigenvalue weighted by atomic mass is 16.5. The first-order valence-corrected chi connectivity index (χ1v) is 8.18. The fourth-order valence-corrected chi connectivity index (χ4v) is 2.87. The maximum atomic E-state index is 5.20. The summed E-state index contributed by atoms with van der Waals surface area (Å²) in [7, 11) is 1.67. The number of fused-ring (bicyclic) bond motifs is 1. The van der Waals surface area contributed by atoms with Gasteiger partial charge in [-0.3, -0.25) is 4.99 Å². The standard InChI is InChI=1S/C22H18N2O/c1-25-20-11-9-19(10-12-20)24-14-13-17(16-24)15-23-22-8-4-6-18-5-2-3-7-21(18)22/h2-16H,1H3. The number of rotatable bonds is 4. The molecule has 0 aliphatic heterocycles. The van der Waals surface area contributed by atoms with Crippen molar-refractivity contribution in [2.45, 2.75) is 0 Å². The summed E-state index contributed by atoms with van der Waals surface area (Å²) >= 11 is 0. The summed E-state index contributed by atoms with van der Waals surface area (Å²) in [6.45, 7) is 0. The quantitative estimate of drug-likeness (QED) is 0.462. The van der Waals surface area contributed by atoms with Crippen LogP contribution in [0.1, 0.15) is 5.56 Å². The molecule has 0 fully saturated rings. The van der Waals surface area contributed by atoms with Gasteiger partial charge in [-0.2, -0.15) is 0 Å². The Morgan fingerprint density at radius 3 is 2.52 bits per heavy atom. The maximum absolute atomic E-state index is 5.20. The van der Waals surface area contributed by atoms with Crippen LogP contribution in [0, 0.1) is 0 Å². The van der Waals surface area contributed by atoms with Crippen LogP contribution in [-0.2, 0) is 0 Å². The topological polar surface area (TPSA) is 26.5 Å². The van der Waals surface area contributed by atoms with Crippen molar-refractivity contribution in [2.24, 2.45) is 4.99 Å². The molecule has 122 valence electrons. The molecule has 0 atom stereocenters. The van der Waals surface area contributed by atoms with Crippen molar-refractivity contribution in [2.75, 3.05) is 7.11 Å². The average molecular weight is 326 g/mol. The molecular formula is C22H18N2O. The Kier molecular flexibility index (Phi) is 4.05. The van der Waals surface area contributed by atoms with Gasteiger partial charge in [0.2, 0.25) is 0 Å². The monoisotopic (exact) mass is 326 g/mol. The molecular weight excluding hydrogens is 308 g/mol. The molecule has 0 saturated heterocycles. The van der Waals surface area contributed by atoms with Crippen LogP contribution in [0.4, 0.5) is 5.69 Å². The van der Waals surface area contributed by atoms with E-state index in [2.05, 4.69) is 40.0 Å². The van der Waals surface area contributed by atoms with Gasteiger partial charge in [-0.25, -0.2) is 0 Å². The van der Waals surface area contributed by atoms with Gasteiger partial charge in [0.1, 0.15) is 5.75 Å². The third-order valence-corrected chi connectivity index (χ3v) is 4.21. The Morgan fingerprint density at radius 1 is 0.880 bits per heavy atom. The van der Waals surface area contributed by atoms with Gasteiger partial charge >= 0.3 is 0 Å². The van der Waals surface area contributed by atoms with Crippen LogP contribution < -0.4 is 4.74 Å². The van der Waals surface area contributed by atoms with Gasteiger partial charge in [-0.15, -0.1) is 0 Å². The van der Waals surface area contributed by atoms with E-state index in [1.807, 2.05) is 60.9 Å². The van der Waals surface area contributed by atoms with Gasteiger partial charge in [0.15, 0.2) is 0 Å². The molecule has 1 aromatic heterocycles. The molecule has 0 N–H and O–H groups in total. The molecule has 3 aromatic carbocycles. The van der Waals surface area contributed by atoms with Gasteiger partial charge in [0.05, 0.1) is 12.8 Å². The first-order chi connectivity index (χ1) is 12.3. The number of ether oxygens (including phenoxy) is 1. The second-order valence-corrected chi connectivity index (χ2v) is 5.81. The summed E-state index contributed by atoms with van der Waals surface area (Å²) in [5.41, 5.74) is 3.13. The Balaban J connectivity index is 1.60. The van der Waals surface area contributed by atoms with E-state index in [-0.39, 0.29) is 0 Å². The molecule has 0 amide bonds. The predicted octanol–water partition coefficient (Wildman–Crippen LogP) is 5.39. The molecule has 0 radical (unpaired) electrons. The molecule has 1 heterocycles. The van der Waals surface area contributed by atoms with E-state index in [0.29, 0.717) is 0 Å². The number of nitrogens with zero attached hydrogens (tertiary/aromatic N) is 2. The van der Waals surface area contributed by atoms with Crippen LogP contribution in [0.2, 0.25) is 0 Å². The second-order valence-electron chi connectivity index (χ2n) is 5.81. The lowest BCUT2D eigenvalue weighted by molar-refractivity contribution is 0.415. The number of methoxy groups -OCH3 is 1. The smallest absolute Gasteiger partial charge is 0.119 e. The van der Waals surface area contributed by atoms with Crippen molar-refractivity contribution in [3.05, 3.63) is 90.8 Å². The maximum Gasteiger partial charge on any atom is 0.119 e. The van der Waals surface area contributed by atoms with Crippen molar-refractivity contribution in [1.29, 1.82) is 0 Å². The number of aromatic nitrogens is 1. The summed E-state index contributed by atoms with van der Waals surface area (Å²) in [4.78, 5) is 4.68. The fraction of sp³-hybridized carbons (Fsp3) is 0.0455. The van der Waals surface area contributed by atoms with E-state index in [0.717, 1.165) is 28.1 Å². The third-order valence-electron chi connectivity index (χ3n) is 4.21. The molecule has 25 heavy (non-hydrogen) atoms. The lowest BCUT2D eigenvalue weighted by atomic mass is 10.1. The molecule has 4 rings (SSSR count). The van der Waals surface area contributed by atoms with Crippen molar-refractivity contribution >= 4 is 22.7 Å².